The van der Waals surface area contributed by atoms with Gasteiger partial charge in [0.15, 0.2) is 0 Å². The second-order valence-corrected chi connectivity index (χ2v) is 4.45. The van der Waals surface area contributed by atoms with Crippen LogP contribution in [0.4, 0.5) is 4.79 Å². The molecule has 1 atom stereocenters. The number of nitrogens with one attached hydrogen (secondary N) is 1. The summed E-state index contributed by atoms with van der Waals surface area (Å²) in [6, 6.07) is 8.65. The van der Waals surface area contributed by atoms with Gasteiger partial charge in [0.05, 0.1) is 7.11 Å². The van der Waals surface area contributed by atoms with Gasteiger partial charge in [0.2, 0.25) is 0 Å². The van der Waals surface area contributed by atoms with Crippen LogP contribution in [0.5, 0.6) is 0 Å². The predicted molar refractivity (Wildman–Crippen MR) is 70.4 cm³/mol. The number of amides is 1. The van der Waals surface area contributed by atoms with Crippen molar-refractivity contribution in [3.8, 4) is 0 Å². The second kappa shape index (κ2) is 7.41. The number of carbonyl (C=O) groups excluding carboxylic acids is 2. The lowest BCUT2D eigenvalue weighted by Gasteiger charge is -2.20. The van der Waals surface area contributed by atoms with Gasteiger partial charge in [0.1, 0.15) is 12.6 Å². The second-order valence-electron chi connectivity index (χ2n) is 4.45. The van der Waals surface area contributed by atoms with Crippen LogP contribution < -0.4 is 5.32 Å². The van der Waals surface area contributed by atoms with Gasteiger partial charge in [-0.1, -0.05) is 44.2 Å². The number of ether oxygens (including phenoxy) is 2. The average molecular weight is 265 g/mol. The normalized spacial score (nSPS) is 11.8. The van der Waals surface area contributed by atoms with Crippen molar-refractivity contribution in [1.82, 2.24) is 5.32 Å². The molecule has 0 aliphatic rings. The van der Waals surface area contributed by atoms with Crippen LogP contribution in [0.2, 0.25) is 0 Å². The summed E-state index contributed by atoms with van der Waals surface area (Å²) in [7, 11) is 1.25. The van der Waals surface area contributed by atoms with Crippen molar-refractivity contribution in [3.63, 3.8) is 0 Å². The number of methoxy groups -OCH3 is 1. The molecular formula is C14H19NO4. The molecule has 1 N–H and O–H groups in total. The van der Waals surface area contributed by atoms with Gasteiger partial charge in [-0.3, -0.25) is 0 Å². The maximum Gasteiger partial charge on any atom is 0.407 e. The van der Waals surface area contributed by atoms with E-state index >= 15 is 0 Å². The smallest absolute Gasteiger partial charge is 0.407 e. The topological polar surface area (TPSA) is 64.6 Å². The highest BCUT2D eigenvalue weighted by molar-refractivity contribution is 5.81. The zero-order valence-electron chi connectivity index (χ0n) is 11.4. The van der Waals surface area contributed by atoms with E-state index in [1.807, 2.05) is 44.2 Å². The predicted octanol–water partition coefficient (Wildman–Crippen LogP) is 2.11. The zero-order valence-corrected chi connectivity index (χ0v) is 11.4. The minimum atomic E-state index is -0.712. The number of rotatable bonds is 5. The number of hydrogen-bond acceptors (Lipinski definition) is 4. The zero-order chi connectivity index (χ0) is 14.3. The van der Waals surface area contributed by atoms with Gasteiger partial charge in [-0.25, -0.2) is 9.59 Å². The molecule has 0 saturated carbocycles. The Labute approximate surface area is 112 Å². The third-order valence-corrected chi connectivity index (χ3v) is 2.60. The molecule has 19 heavy (non-hydrogen) atoms. The highest BCUT2D eigenvalue weighted by Gasteiger charge is 2.25. The van der Waals surface area contributed by atoms with E-state index in [1.54, 1.807) is 0 Å². The Morgan fingerprint density at radius 1 is 1.21 bits per heavy atom. The number of esters is 1. The molecule has 0 saturated heterocycles. The number of carbonyl (C=O) groups is 2. The first kappa shape index (κ1) is 15.0. The average Bonchev–Trinajstić information content (AvgIpc) is 2.42. The van der Waals surface area contributed by atoms with Crippen molar-refractivity contribution in [2.45, 2.75) is 26.5 Å². The monoisotopic (exact) mass is 265 g/mol. The van der Waals surface area contributed by atoms with Crippen molar-refractivity contribution < 1.29 is 19.1 Å². The van der Waals surface area contributed by atoms with Gasteiger partial charge in [0, 0.05) is 0 Å². The fourth-order valence-electron chi connectivity index (χ4n) is 1.50. The summed E-state index contributed by atoms with van der Waals surface area (Å²) in [6.45, 7) is 3.83. The van der Waals surface area contributed by atoms with Crippen LogP contribution in [0.3, 0.4) is 0 Å². The fraction of sp³-hybridized carbons (Fsp3) is 0.429. The van der Waals surface area contributed by atoms with E-state index in [0.717, 1.165) is 5.56 Å². The van der Waals surface area contributed by atoms with Crippen LogP contribution in [0.1, 0.15) is 19.4 Å². The molecule has 5 nitrogen and oxygen atoms in total. The molecule has 0 heterocycles. The van der Waals surface area contributed by atoms with E-state index in [-0.39, 0.29) is 12.5 Å². The molecule has 0 spiro atoms. The quantitative estimate of drug-likeness (QED) is 0.828. The molecule has 0 bridgehead atoms. The van der Waals surface area contributed by atoms with Crippen LogP contribution >= 0.6 is 0 Å². The van der Waals surface area contributed by atoms with E-state index < -0.39 is 18.1 Å². The third-order valence-electron chi connectivity index (χ3n) is 2.60. The summed E-state index contributed by atoms with van der Waals surface area (Å²) in [5, 5.41) is 2.47. The number of alkyl carbamates (subject to hydrolysis) is 1. The SMILES string of the molecule is COC(=O)NC(C(=O)OCc1ccccc1)C(C)C. The van der Waals surface area contributed by atoms with Crippen molar-refractivity contribution in [2.24, 2.45) is 5.92 Å². The summed E-state index contributed by atoms with van der Waals surface area (Å²) < 4.78 is 9.67. The minimum Gasteiger partial charge on any atom is -0.459 e. The molecule has 0 aliphatic carbocycles. The van der Waals surface area contributed by atoms with E-state index in [4.69, 9.17) is 4.74 Å². The van der Waals surface area contributed by atoms with E-state index in [2.05, 4.69) is 10.1 Å². The molecule has 1 unspecified atom stereocenters. The summed E-state index contributed by atoms with van der Waals surface area (Å²) >= 11 is 0. The molecular weight excluding hydrogens is 246 g/mol. The molecule has 1 amide bonds. The lowest BCUT2D eigenvalue weighted by atomic mass is 10.1. The van der Waals surface area contributed by atoms with E-state index in [0.29, 0.717) is 0 Å². The van der Waals surface area contributed by atoms with Crippen LogP contribution in [-0.2, 0) is 20.9 Å². The van der Waals surface area contributed by atoms with Gasteiger partial charge in [-0.2, -0.15) is 0 Å². The minimum absolute atomic E-state index is 0.0811. The summed E-state index contributed by atoms with van der Waals surface area (Å²) in [6.07, 6.45) is -0.643. The van der Waals surface area contributed by atoms with Gasteiger partial charge in [-0.15, -0.1) is 0 Å². The number of hydrogen-bond donors (Lipinski definition) is 1. The molecule has 0 fully saturated rings. The third kappa shape index (κ3) is 4.99. The fourth-order valence-corrected chi connectivity index (χ4v) is 1.50. The Bertz CT molecular complexity index is 417. The van der Waals surface area contributed by atoms with Gasteiger partial charge < -0.3 is 14.8 Å². The summed E-state index contributed by atoms with van der Waals surface area (Å²) in [4.78, 5) is 23.1. The molecule has 0 aliphatic heterocycles. The van der Waals surface area contributed by atoms with Crippen LogP contribution in [0.15, 0.2) is 30.3 Å². The Morgan fingerprint density at radius 2 is 1.84 bits per heavy atom. The van der Waals surface area contributed by atoms with Crippen molar-refractivity contribution in [2.75, 3.05) is 7.11 Å². The molecule has 0 radical (unpaired) electrons. The Hall–Kier alpha value is -2.04. The van der Waals surface area contributed by atoms with Crippen LogP contribution in [0, 0.1) is 5.92 Å². The first-order valence-electron chi connectivity index (χ1n) is 6.09. The Morgan fingerprint density at radius 3 is 2.37 bits per heavy atom. The molecule has 1 aromatic rings. The van der Waals surface area contributed by atoms with Crippen LogP contribution in [-0.4, -0.2) is 25.2 Å². The Kier molecular flexibility index (Phi) is 5.85. The molecule has 5 heteroatoms. The van der Waals surface area contributed by atoms with Crippen LogP contribution in [0.25, 0.3) is 0 Å². The van der Waals surface area contributed by atoms with E-state index in [1.165, 1.54) is 7.11 Å². The van der Waals surface area contributed by atoms with Crippen molar-refractivity contribution in [3.05, 3.63) is 35.9 Å². The summed E-state index contributed by atoms with van der Waals surface area (Å²) in [5.74, 6) is -0.549. The van der Waals surface area contributed by atoms with E-state index in [9.17, 15) is 9.59 Å². The van der Waals surface area contributed by atoms with Crippen molar-refractivity contribution in [1.29, 1.82) is 0 Å². The molecule has 1 aromatic carbocycles. The summed E-state index contributed by atoms with van der Waals surface area (Å²) in [5.41, 5.74) is 0.899. The highest BCUT2D eigenvalue weighted by atomic mass is 16.5. The maximum atomic E-state index is 11.9. The lowest BCUT2D eigenvalue weighted by molar-refractivity contribution is -0.148. The number of benzene rings is 1. The largest absolute Gasteiger partial charge is 0.459 e. The van der Waals surface area contributed by atoms with Gasteiger partial charge in [-0.05, 0) is 11.5 Å². The first-order chi connectivity index (χ1) is 9.04. The standard InChI is InChI=1S/C14H19NO4/c1-10(2)12(15-14(17)18-3)13(16)19-9-11-7-5-4-6-8-11/h4-8,10,12H,9H2,1-3H3,(H,15,17). The maximum absolute atomic E-state index is 11.9. The first-order valence-corrected chi connectivity index (χ1v) is 6.09. The van der Waals surface area contributed by atoms with Gasteiger partial charge in [0.25, 0.3) is 0 Å². The molecule has 104 valence electrons. The molecule has 1 rings (SSSR count). The Balaban J connectivity index is 2.55. The van der Waals surface area contributed by atoms with Crippen molar-refractivity contribution >= 4 is 12.1 Å². The highest BCUT2D eigenvalue weighted by Crippen LogP contribution is 2.07. The van der Waals surface area contributed by atoms with Gasteiger partial charge >= 0.3 is 12.1 Å². The molecule has 0 aromatic heterocycles. The lowest BCUT2D eigenvalue weighted by Crippen LogP contribution is -2.45.